The molecule has 0 fully saturated rings. The number of carbonyl (C=O) groups excluding carboxylic acids is 3. The number of nitrogen functional groups attached to an aromatic ring is 1. The summed E-state index contributed by atoms with van der Waals surface area (Å²) < 4.78 is 33.5. The highest BCUT2D eigenvalue weighted by Crippen LogP contribution is 2.39. The van der Waals surface area contributed by atoms with E-state index in [2.05, 4.69) is 9.69 Å². The fourth-order valence-electron chi connectivity index (χ4n) is 3.52. The Hall–Kier alpha value is -4.23. The summed E-state index contributed by atoms with van der Waals surface area (Å²) >= 11 is 0.661. The van der Waals surface area contributed by atoms with Crippen molar-refractivity contribution in [3.63, 3.8) is 0 Å². The molecular weight excluding hydrogens is 505 g/mol. The van der Waals surface area contributed by atoms with Gasteiger partial charge in [0.15, 0.2) is 5.69 Å². The van der Waals surface area contributed by atoms with Gasteiger partial charge in [-0.3, -0.25) is 19.3 Å². The molecule has 0 bridgehead atoms. The molecule has 196 valence electrons. The van der Waals surface area contributed by atoms with Crippen LogP contribution in [0.25, 0.3) is 0 Å². The second-order valence-corrected chi connectivity index (χ2v) is 8.36. The molecule has 5 N–H and O–H groups in total. The molecule has 0 unspecified atom stereocenters. The second kappa shape index (κ2) is 12.1. The summed E-state index contributed by atoms with van der Waals surface area (Å²) in [6, 6.07) is 8.44. The quantitative estimate of drug-likeness (QED) is 0.317. The van der Waals surface area contributed by atoms with Crippen molar-refractivity contribution in [2.45, 2.75) is 6.04 Å². The van der Waals surface area contributed by atoms with Crippen LogP contribution in [0.15, 0.2) is 42.5 Å². The molecule has 3 aromatic rings. The van der Waals surface area contributed by atoms with Crippen molar-refractivity contribution < 1.29 is 33.0 Å². The summed E-state index contributed by atoms with van der Waals surface area (Å²) in [5, 5.41) is 2.72. The third kappa shape index (κ3) is 5.95. The van der Waals surface area contributed by atoms with Gasteiger partial charge in [0.25, 0.3) is 11.8 Å². The Morgan fingerprint density at radius 3 is 2.38 bits per heavy atom. The van der Waals surface area contributed by atoms with E-state index in [1.54, 1.807) is 6.07 Å². The number of nitrogens with zero attached hydrogens (tertiary/aromatic N) is 2. The van der Waals surface area contributed by atoms with Gasteiger partial charge >= 0.3 is 0 Å². The third-order valence-corrected chi connectivity index (χ3v) is 6.17. The van der Waals surface area contributed by atoms with E-state index in [0.717, 1.165) is 4.90 Å². The van der Waals surface area contributed by atoms with Crippen molar-refractivity contribution in [2.24, 2.45) is 5.73 Å². The fraction of sp³-hybridized carbons (Fsp3) is 0.250. The number of amides is 3. The van der Waals surface area contributed by atoms with Crippen molar-refractivity contribution in [3.8, 4) is 11.5 Å². The van der Waals surface area contributed by atoms with Crippen LogP contribution in [0.2, 0.25) is 0 Å². The topological polar surface area (TPSA) is 159 Å². The largest absolute Gasteiger partial charge is 0.497 e. The number of rotatable bonds is 11. The molecule has 11 nitrogen and oxygen atoms in total. The summed E-state index contributed by atoms with van der Waals surface area (Å²) in [6.45, 7) is 0.356. The summed E-state index contributed by atoms with van der Waals surface area (Å²) in [5.41, 5.74) is 11.4. The van der Waals surface area contributed by atoms with Gasteiger partial charge in [-0.15, -0.1) is 0 Å². The van der Waals surface area contributed by atoms with Gasteiger partial charge in [0.1, 0.15) is 28.2 Å². The molecule has 0 aliphatic heterocycles. The molecule has 0 aliphatic rings. The van der Waals surface area contributed by atoms with Gasteiger partial charge in [0.05, 0.1) is 32.2 Å². The van der Waals surface area contributed by atoms with Crippen molar-refractivity contribution in [2.75, 3.05) is 45.1 Å². The molecule has 0 saturated carbocycles. The fourth-order valence-corrected chi connectivity index (χ4v) is 4.27. The Bertz CT molecular complexity index is 1280. The minimum absolute atomic E-state index is 0.122. The molecule has 2 aromatic carbocycles. The number of benzene rings is 2. The number of nitrogens with two attached hydrogens (primary N) is 2. The maximum atomic E-state index is 14.0. The standard InChI is InChI=1S/C24H26FN5O6S/c1-34-11-10-28-23(32)20(13-4-6-14(25)7-5-13)30(16-9-8-15(35-2)12-17(16)36-3)24(33)21-18(26)19(22(27)31)29-37-21/h4-9,12,20H,10-11,26H2,1-3H3,(H2,27,31)(H,28,32)/t20-/m1/s1. The SMILES string of the molecule is COCCNC(=O)[C@@H](c1ccc(F)cc1)N(C(=O)c1snc(C(N)=O)c1N)c1ccc(OC)cc1OC. The van der Waals surface area contributed by atoms with Crippen LogP contribution in [0, 0.1) is 5.82 Å². The first-order valence-corrected chi connectivity index (χ1v) is 11.6. The number of hydrogen-bond donors (Lipinski definition) is 3. The minimum Gasteiger partial charge on any atom is -0.497 e. The summed E-state index contributed by atoms with van der Waals surface area (Å²) in [7, 11) is 4.33. The molecule has 37 heavy (non-hydrogen) atoms. The van der Waals surface area contributed by atoms with Crippen LogP contribution >= 0.6 is 11.5 Å². The van der Waals surface area contributed by atoms with Crippen LogP contribution in [0.4, 0.5) is 15.8 Å². The number of ether oxygens (including phenoxy) is 3. The summed E-state index contributed by atoms with van der Waals surface area (Å²) in [4.78, 5) is 40.3. The molecular formula is C24H26FN5O6S. The molecule has 0 radical (unpaired) electrons. The number of carbonyl (C=O) groups is 3. The van der Waals surface area contributed by atoms with Crippen LogP contribution in [0.1, 0.15) is 31.8 Å². The van der Waals surface area contributed by atoms with Crippen LogP contribution in [-0.2, 0) is 9.53 Å². The zero-order valence-corrected chi connectivity index (χ0v) is 21.1. The number of aromatic nitrogens is 1. The number of hydrogen-bond acceptors (Lipinski definition) is 9. The van der Waals surface area contributed by atoms with E-state index in [-0.39, 0.29) is 40.8 Å². The van der Waals surface area contributed by atoms with Gasteiger partial charge in [-0.25, -0.2) is 4.39 Å². The van der Waals surface area contributed by atoms with E-state index < -0.39 is 29.6 Å². The lowest BCUT2D eigenvalue weighted by molar-refractivity contribution is -0.122. The lowest BCUT2D eigenvalue weighted by Crippen LogP contribution is -2.45. The van der Waals surface area contributed by atoms with E-state index in [0.29, 0.717) is 22.8 Å². The number of primary amides is 1. The predicted molar refractivity (Wildman–Crippen MR) is 135 cm³/mol. The van der Waals surface area contributed by atoms with Gasteiger partial charge in [-0.2, -0.15) is 4.37 Å². The number of nitrogens with one attached hydrogen (secondary N) is 1. The van der Waals surface area contributed by atoms with E-state index in [1.165, 1.54) is 57.7 Å². The molecule has 1 aromatic heterocycles. The Balaban J connectivity index is 2.25. The van der Waals surface area contributed by atoms with Crippen molar-refractivity contribution in [1.29, 1.82) is 0 Å². The molecule has 0 saturated heterocycles. The Morgan fingerprint density at radius 1 is 1.11 bits per heavy atom. The monoisotopic (exact) mass is 531 g/mol. The Labute approximate surface area is 216 Å². The average Bonchev–Trinajstić information content (AvgIpc) is 3.28. The van der Waals surface area contributed by atoms with Crippen LogP contribution < -0.4 is 31.2 Å². The van der Waals surface area contributed by atoms with E-state index in [4.69, 9.17) is 25.7 Å². The molecule has 3 amide bonds. The molecule has 3 rings (SSSR count). The maximum Gasteiger partial charge on any atom is 0.273 e. The van der Waals surface area contributed by atoms with Gasteiger partial charge in [0, 0.05) is 19.7 Å². The Morgan fingerprint density at radius 2 is 1.81 bits per heavy atom. The first-order chi connectivity index (χ1) is 17.7. The van der Waals surface area contributed by atoms with Gasteiger partial charge in [0.2, 0.25) is 5.91 Å². The van der Waals surface area contributed by atoms with Crippen LogP contribution in [0.3, 0.4) is 0 Å². The zero-order chi connectivity index (χ0) is 27.1. The second-order valence-electron chi connectivity index (χ2n) is 7.59. The summed E-state index contributed by atoms with van der Waals surface area (Å²) in [6.07, 6.45) is 0. The first-order valence-electron chi connectivity index (χ1n) is 10.9. The van der Waals surface area contributed by atoms with Crippen molar-refractivity contribution in [1.82, 2.24) is 9.69 Å². The Kier molecular flexibility index (Phi) is 8.98. The minimum atomic E-state index is -1.31. The van der Waals surface area contributed by atoms with E-state index in [1.807, 2.05) is 0 Å². The maximum absolute atomic E-state index is 14.0. The molecule has 1 heterocycles. The van der Waals surface area contributed by atoms with Crippen LogP contribution in [-0.4, -0.2) is 56.6 Å². The normalized spacial score (nSPS) is 11.5. The highest BCUT2D eigenvalue weighted by atomic mass is 32.1. The lowest BCUT2D eigenvalue weighted by atomic mass is 10.0. The summed E-state index contributed by atoms with van der Waals surface area (Å²) in [5.74, 6) is -2.16. The average molecular weight is 532 g/mol. The molecule has 1 atom stereocenters. The van der Waals surface area contributed by atoms with Crippen molar-refractivity contribution >= 4 is 40.6 Å². The third-order valence-electron chi connectivity index (χ3n) is 5.32. The van der Waals surface area contributed by atoms with E-state index in [9.17, 15) is 18.8 Å². The predicted octanol–water partition coefficient (Wildman–Crippen LogP) is 2.13. The first kappa shape index (κ1) is 27.4. The van der Waals surface area contributed by atoms with Crippen LogP contribution in [0.5, 0.6) is 11.5 Å². The van der Waals surface area contributed by atoms with E-state index >= 15 is 0 Å². The van der Waals surface area contributed by atoms with Gasteiger partial charge in [-0.1, -0.05) is 12.1 Å². The number of methoxy groups -OCH3 is 3. The number of halogens is 1. The zero-order valence-electron chi connectivity index (χ0n) is 20.3. The molecule has 0 aliphatic carbocycles. The van der Waals surface area contributed by atoms with Gasteiger partial charge in [-0.05, 0) is 41.4 Å². The number of anilines is 2. The van der Waals surface area contributed by atoms with Gasteiger partial charge < -0.3 is 31.0 Å². The van der Waals surface area contributed by atoms with Crippen molar-refractivity contribution in [3.05, 3.63) is 64.4 Å². The smallest absolute Gasteiger partial charge is 0.273 e. The molecule has 0 spiro atoms. The highest BCUT2D eigenvalue weighted by Gasteiger charge is 2.37. The highest BCUT2D eigenvalue weighted by molar-refractivity contribution is 7.09. The molecule has 13 heteroatoms. The lowest BCUT2D eigenvalue weighted by Gasteiger charge is -2.32.